The molecule has 0 spiro atoms. The number of hydrogen-bond donors (Lipinski definition) is 1. The number of halogens is 2. The van der Waals surface area contributed by atoms with E-state index in [0.29, 0.717) is 59.0 Å². The first kappa shape index (κ1) is 23.2. The molecule has 0 radical (unpaired) electrons. The smallest absolute Gasteiger partial charge is 0.350 e. The maximum atomic E-state index is 13.4. The second kappa shape index (κ2) is 9.47. The van der Waals surface area contributed by atoms with Gasteiger partial charge in [-0.1, -0.05) is 52.7 Å². The van der Waals surface area contributed by atoms with Crippen LogP contribution in [0.2, 0.25) is 10.0 Å². The summed E-state index contributed by atoms with van der Waals surface area (Å²) in [5, 5.41) is 4.79. The number of carbonyl (C=O) groups excluding carboxylic acids is 2. The molecule has 1 amide bonds. The molecule has 2 aromatic carbocycles. The van der Waals surface area contributed by atoms with Gasteiger partial charge in [0.2, 0.25) is 0 Å². The van der Waals surface area contributed by atoms with Crippen LogP contribution in [0, 0.1) is 13.8 Å². The standard InChI is InChI=1S/C24H19Cl2N3O3S/c1-4-32-23(31)21-13(3)27-24(33-21)29-22(30)19-12(2)20(15-10-9-14(25)11-17(15)26)28-18-8-6-5-7-16(18)19/h5-11H,4H2,1-3H3,(H,27,29,30). The number of anilines is 1. The van der Waals surface area contributed by atoms with E-state index in [9.17, 15) is 9.59 Å². The van der Waals surface area contributed by atoms with Gasteiger partial charge in [0.05, 0.1) is 34.1 Å². The number of rotatable bonds is 5. The Labute approximate surface area is 204 Å². The highest BCUT2D eigenvalue weighted by molar-refractivity contribution is 7.17. The van der Waals surface area contributed by atoms with Gasteiger partial charge in [-0.3, -0.25) is 10.1 Å². The van der Waals surface area contributed by atoms with Crippen LogP contribution in [0.3, 0.4) is 0 Å². The lowest BCUT2D eigenvalue weighted by atomic mass is 9.97. The van der Waals surface area contributed by atoms with Gasteiger partial charge < -0.3 is 4.74 Å². The molecule has 0 atom stereocenters. The van der Waals surface area contributed by atoms with E-state index < -0.39 is 5.97 Å². The van der Waals surface area contributed by atoms with E-state index in [4.69, 9.17) is 32.9 Å². The number of pyridine rings is 1. The lowest BCUT2D eigenvalue weighted by Gasteiger charge is -2.15. The highest BCUT2D eigenvalue weighted by atomic mass is 35.5. The number of hydrogen-bond acceptors (Lipinski definition) is 6. The van der Waals surface area contributed by atoms with E-state index in [1.807, 2.05) is 31.2 Å². The molecule has 4 aromatic rings. The van der Waals surface area contributed by atoms with Crippen molar-refractivity contribution in [3.8, 4) is 11.3 Å². The van der Waals surface area contributed by atoms with E-state index >= 15 is 0 Å². The maximum Gasteiger partial charge on any atom is 0.350 e. The molecule has 0 bridgehead atoms. The number of nitrogens with one attached hydrogen (secondary N) is 1. The molecule has 1 N–H and O–H groups in total. The molecular weight excluding hydrogens is 481 g/mol. The molecule has 6 nitrogen and oxygen atoms in total. The van der Waals surface area contributed by atoms with E-state index in [1.165, 1.54) is 0 Å². The number of esters is 1. The summed E-state index contributed by atoms with van der Waals surface area (Å²) in [6.45, 7) is 5.52. The summed E-state index contributed by atoms with van der Waals surface area (Å²) < 4.78 is 5.06. The van der Waals surface area contributed by atoms with E-state index in [0.717, 1.165) is 11.3 Å². The minimum absolute atomic E-state index is 0.260. The molecule has 0 aliphatic heterocycles. The van der Waals surface area contributed by atoms with Gasteiger partial charge in [-0.2, -0.15) is 0 Å². The Morgan fingerprint density at radius 3 is 2.58 bits per heavy atom. The average Bonchev–Trinajstić information content (AvgIpc) is 3.13. The summed E-state index contributed by atoms with van der Waals surface area (Å²) >= 11 is 13.6. The number of aryl methyl sites for hydroxylation is 1. The second-order valence-electron chi connectivity index (χ2n) is 7.21. The minimum atomic E-state index is -0.460. The number of carbonyl (C=O) groups is 2. The predicted octanol–water partition coefficient (Wildman–Crippen LogP) is 6.71. The first-order valence-electron chi connectivity index (χ1n) is 10.1. The fourth-order valence-corrected chi connectivity index (χ4v) is 4.89. The number of fused-ring (bicyclic) bond motifs is 1. The lowest BCUT2D eigenvalue weighted by molar-refractivity contribution is 0.0531. The number of para-hydroxylation sites is 1. The van der Waals surface area contributed by atoms with Crippen LogP contribution < -0.4 is 5.32 Å². The third-order valence-electron chi connectivity index (χ3n) is 5.03. The maximum absolute atomic E-state index is 13.4. The van der Waals surface area contributed by atoms with Crippen LogP contribution in [0.5, 0.6) is 0 Å². The molecular formula is C24H19Cl2N3O3S. The van der Waals surface area contributed by atoms with Crippen molar-refractivity contribution in [1.29, 1.82) is 0 Å². The minimum Gasteiger partial charge on any atom is -0.462 e. The summed E-state index contributed by atoms with van der Waals surface area (Å²) in [5.41, 5.74) is 3.52. The van der Waals surface area contributed by atoms with E-state index in [2.05, 4.69) is 10.3 Å². The molecule has 0 fully saturated rings. The molecule has 168 valence electrons. The van der Waals surface area contributed by atoms with Gasteiger partial charge in [0, 0.05) is 16.0 Å². The van der Waals surface area contributed by atoms with Crippen molar-refractivity contribution in [3.63, 3.8) is 0 Å². The van der Waals surface area contributed by atoms with Crippen molar-refractivity contribution in [2.45, 2.75) is 20.8 Å². The van der Waals surface area contributed by atoms with Gasteiger partial charge in [-0.15, -0.1) is 0 Å². The topological polar surface area (TPSA) is 81.2 Å². The predicted molar refractivity (Wildman–Crippen MR) is 133 cm³/mol. The molecule has 0 aliphatic rings. The molecule has 0 saturated heterocycles. The highest BCUT2D eigenvalue weighted by Gasteiger charge is 2.23. The van der Waals surface area contributed by atoms with Crippen molar-refractivity contribution >= 4 is 62.4 Å². The fourth-order valence-electron chi connectivity index (χ4n) is 3.54. The van der Waals surface area contributed by atoms with Crippen LogP contribution in [-0.2, 0) is 4.74 Å². The lowest BCUT2D eigenvalue weighted by Crippen LogP contribution is -2.15. The summed E-state index contributed by atoms with van der Waals surface area (Å²) in [7, 11) is 0. The average molecular weight is 500 g/mol. The van der Waals surface area contributed by atoms with Crippen molar-refractivity contribution in [2.75, 3.05) is 11.9 Å². The number of thiazole rings is 1. The largest absolute Gasteiger partial charge is 0.462 e. The molecule has 0 unspecified atom stereocenters. The molecule has 33 heavy (non-hydrogen) atoms. The second-order valence-corrected chi connectivity index (χ2v) is 9.05. The highest BCUT2D eigenvalue weighted by Crippen LogP contribution is 2.35. The van der Waals surface area contributed by atoms with E-state index in [-0.39, 0.29) is 12.5 Å². The Kier molecular flexibility index (Phi) is 6.65. The van der Waals surface area contributed by atoms with Gasteiger partial charge in [-0.05, 0) is 50.6 Å². The number of ether oxygens (including phenoxy) is 1. The van der Waals surface area contributed by atoms with Gasteiger partial charge in [-0.25, -0.2) is 14.8 Å². The zero-order valence-electron chi connectivity index (χ0n) is 18.0. The Morgan fingerprint density at radius 2 is 1.85 bits per heavy atom. The quantitative estimate of drug-likeness (QED) is 0.308. The first-order valence-corrected chi connectivity index (χ1v) is 11.7. The third kappa shape index (κ3) is 4.57. The zero-order chi connectivity index (χ0) is 23.7. The number of benzene rings is 2. The molecule has 4 rings (SSSR count). The van der Waals surface area contributed by atoms with Crippen molar-refractivity contribution in [2.24, 2.45) is 0 Å². The first-order chi connectivity index (χ1) is 15.8. The molecule has 2 aromatic heterocycles. The fraction of sp³-hybridized carbons (Fsp3) is 0.167. The Hall–Kier alpha value is -3.00. The van der Waals surface area contributed by atoms with Crippen LogP contribution >= 0.6 is 34.5 Å². The van der Waals surface area contributed by atoms with Gasteiger partial charge in [0.1, 0.15) is 4.88 Å². The number of nitrogens with zero attached hydrogens (tertiary/aromatic N) is 2. The van der Waals surface area contributed by atoms with Crippen molar-refractivity contribution < 1.29 is 14.3 Å². The normalized spacial score (nSPS) is 10.9. The molecule has 2 heterocycles. The van der Waals surface area contributed by atoms with Crippen LogP contribution in [0.4, 0.5) is 5.13 Å². The molecule has 0 aliphatic carbocycles. The van der Waals surface area contributed by atoms with Crippen LogP contribution in [0.1, 0.15) is 38.2 Å². The SMILES string of the molecule is CCOC(=O)c1sc(NC(=O)c2c(C)c(-c3ccc(Cl)cc3Cl)nc3ccccc23)nc1C. The van der Waals surface area contributed by atoms with Crippen molar-refractivity contribution in [1.82, 2.24) is 9.97 Å². The zero-order valence-corrected chi connectivity index (χ0v) is 20.4. The van der Waals surface area contributed by atoms with Crippen molar-refractivity contribution in [3.05, 3.63) is 74.2 Å². The number of amides is 1. The summed E-state index contributed by atoms with van der Waals surface area (Å²) in [6, 6.07) is 12.5. The van der Waals surface area contributed by atoms with E-state index in [1.54, 1.807) is 32.0 Å². The van der Waals surface area contributed by atoms with Gasteiger partial charge in [0.15, 0.2) is 5.13 Å². The van der Waals surface area contributed by atoms with Gasteiger partial charge >= 0.3 is 5.97 Å². The molecule has 0 saturated carbocycles. The Bertz CT molecular complexity index is 1400. The van der Waals surface area contributed by atoms with Crippen LogP contribution in [0.25, 0.3) is 22.2 Å². The Balaban J connectivity index is 1.80. The van der Waals surface area contributed by atoms with Crippen LogP contribution in [-0.4, -0.2) is 28.5 Å². The molecule has 9 heteroatoms. The summed E-state index contributed by atoms with van der Waals surface area (Å²) in [6.07, 6.45) is 0. The summed E-state index contributed by atoms with van der Waals surface area (Å²) in [5.74, 6) is -0.820. The van der Waals surface area contributed by atoms with Gasteiger partial charge in [0.25, 0.3) is 5.91 Å². The third-order valence-corrected chi connectivity index (χ3v) is 6.63. The monoisotopic (exact) mass is 499 g/mol. The number of aromatic nitrogens is 2. The van der Waals surface area contributed by atoms with Crippen LogP contribution in [0.15, 0.2) is 42.5 Å². The Morgan fingerprint density at radius 1 is 1.09 bits per heavy atom. The summed E-state index contributed by atoms with van der Waals surface area (Å²) in [4.78, 5) is 35.0.